The summed E-state index contributed by atoms with van der Waals surface area (Å²) in [5, 5.41) is 24.0. The summed E-state index contributed by atoms with van der Waals surface area (Å²) >= 11 is 3.76. The van der Waals surface area contributed by atoms with Gasteiger partial charge in [0.25, 0.3) is 19.3 Å². The Kier molecular flexibility index (Phi) is 56.7. The lowest BCUT2D eigenvalue weighted by molar-refractivity contribution is -0.121. The number of sulfone groups is 1. The minimum Gasteiger partial charge on any atom is -0.356 e. The molecule has 2 aromatic rings. The molecule has 0 aliphatic heterocycles. The van der Waals surface area contributed by atoms with Crippen molar-refractivity contribution in [1.29, 1.82) is 0 Å². The van der Waals surface area contributed by atoms with E-state index in [1.807, 2.05) is 65.1 Å². The SMILES string of the molecule is CC(C)CC(=O)Nc1ccc(C(=O)NCCNP(=O)(O)C(C)C)cc1.CC(C)CCCNC(=O)c1ccc(NC(=O)CC(C)C)cc1.CC(C)CS(=O)(=O)CCCNC(=O)CCCSC(C)C.CC(C)NCCNC(=O)CCCSC(C)C.O=S(=O)=O.O=S(=O)=O. The highest BCUT2D eigenvalue weighted by molar-refractivity contribution is 8.00. The number of amides is 6. The van der Waals surface area contributed by atoms with Gasteiger partial charge in [-0.05, 0) is 126 Å². The summed E-state index contributed by atoms with van der Waals surface area (Å²) in [6.45, 7) is 35.5. The van der Waals surface area contributed by atoms with Crippen LogP contribution in [-0.4, -0.2) is 158 Å². The topological polar surface area (TPSA) is 373 Å². The number of anilines is 2. The van der Waals surface area contributed by atoms with Crippen molar-refractivity contribution in [1.82, 2.24) is 31.7 Å². The van der Waals surface area contributed by atoms with E-state index in [1.54, 1.807) is 62.4 Å². The number of thioether (sulfide) groups is 2. The average molecular weight is 1400 g/mol. The van der Waals surface area contributed by atoms with E-state index in [0.717, 1.165) is 56.0 Å². The second kappa shape index (κ2) is 55.7. The van der Waals surface area contributed by atoms with Gasteiger partial charge in [0.2, 0.25) is 23.6 Å². The van der Waals surface area contributed by atoms with Crippen molar-refractivity contribution in [3.8, 4) is 0 Å². The molecule has 1 unspecified atom stereocenters. The number of hydrogen-bond donors (Lipinski definition) is 9. The van der Waals surface area contributed by atoms with Crippen LogP contribution >= 0.6 is 31.0 Å². The van der Waals surface area contributed by atoms with Crippen molar-refractivity contribution in [3.63, 3.8) is 0 Å². The van der Waals surface area contributed by atoms with Gasteiger partial charge in [-0.3, -0.25) is 33.3 Å². The maximum atomic E-state index is 12.0. The van der Waals surface area contributed by atoms with Gasteiger partial charge in [-0.2, -0.15) is 23.5 Å². The molecule has 0 aliphatic rings. The smallest absolute Gasteiger partial charge is 0.356 e. The van der Waals surface area contributed by atoms with Crippen molar-refractivity contribution in [2.45, 2.75) is 191 Å². The lowest BCUT2D eigenvalue weighted by Crippen LogP contribution is -2.34. The van der Waals surface area contributed by atoms with E-state index in [0.29, 0.717) is 90.4 Å². The predicted molar refractivity (Wildman–Crippen MR) is 371 cm³/mol. The first-order valence-electron chi connectivity index (χ1n) is 30.9. The summed E-state index contributed by atoms with van der Waals surface area (Å²) < 4.78 is 85.7. The number of benzene rings is 2. The average Bonchev–Trinajstić information content (AvgIpc) is 2.31. The van der Waals surface area contributed by atoms with Crippen molar-refractivity contribution in [2.75, 3.05) is 72.9 Å². The highest BCUT2D eigenvalue weighted by Gasteiger charge is 2.22. The van der Waals surface area contributed by atoms with Gasteiger partial charge < -0.3 is 42.1 Å². The van der Waals surface area contributed by atoms with Crippen LogP contribution in [0.25, 0.3) is 0 Å². The van der Waals surface area contributed by atoms with Crippen molar-refractivity contribution in [2.24, 2.45) is 23.7 Å². The fourth-order valence-electron chi connectivity index (χ4n) is 7.02. The van der Waals surface area contributed by atoms with E-state index in [9.17, 15) is 46.6 Å². The van der Waals surface area contributed by atoms with Gasteiger partial charge in [-0.1, -0.05) is 111 Å². The quantitative estimate of drug-likeness (QED) is 0.0225. The lowest BCUT2D eigenvalue weighted by Gasteiger charge is -2.16. The molecule has 2 aromatic carbocycles. The number of carbonyl (C=O) groups excluding carboxylic acids is 6. The van der Waals surface area contributed by atoms with Gasteiger partial charge >= 0.3 is 21.2 Å². The minimum atomic E-state index is -3.37. The maximum absolute atomic E-state index is 12.0. The first-order valence-corrected chi connectivity index (χ1v) is 38.5. The molecule has 30 heteroatoms. The van der Waals surface area contributed by atoms with Crippen LogP contribution in [0.1, 0.15) is 189 Å². The molecule has 6 amide bonds. The number of rotatable bonds is 37. The first kappa shape index (κ1) is 92.7. The van der Waals surface area contributed by atoms with Crippen LogP contribution in [0, 0.1) is 23.7 Å². The third kappa shape index (κ3) is 66.5. The van der Waals surface area contributed by atoms with E-state index in [2.05, 4.69) is 97.7 Å². The maximum Gasteiger partial charge on any atom is 0.425 e. The minimum absolute atomic E-state index is 0.000821. The van der Waals surface area contributed by atoms with E-state index in [-0.39, 0.29) is 77.5 Å². The summed E-state index contributed by atoms with van der Waals surface area (Å²) in [4.78, 5) is 79.9. The van der Waals surface area contributed by atoms with E-state index >= 15 is 0 Å². The Hall–Kier alpha value is -4.74. The summed E-state index contributed by atoms with van der Waals surface area (Å²) in [6.07, 6.45) is 6.58. The molecule has 0 aromatic heterocycles. The molecule has 0 aliphatic carbocycles. The Morgan fingerprint density at radius 2 is 0.857 bits per heavy atom. The highest BCUT2D eigenvalue weighted by Crippen LogP contribution is 2.40. The van der Waals surface area contributed by atoms with E-state index in [1.165, 1.54) is 0 Å². The Morgan fingerprint density at radius 1 is 0.484 bits per heavy atom. The molecule has 0 saturated carbocycles. The van der Waals surface area contributed by atoms with Crippen LogP contribution < -0.4 is 42.3 Å². The molecule has 0 spiro atoms. The largest absolute Gasteiger partial charge is 0.425 e. The normalized spacial score (nSPS) is 11.5. The third-order valence-corrected chi connectivity index (χ3v) is 17.8. The fourth-order valence-corrected chi connectivity index (χ4v) is 11.1. The van der Waals surface area contributed by atoms with Gasteiger partial charge in [-0.15, -0.1) is 25.3 Å². The van der Waals surface area contributed by atoms with Gasteiger partial charge in [0.15, 0.2) is 9.84 Å². The van der Waals surface area contributed by atoms with Crippen LogP contribution in [0.3, 0.4) is 0 Å². The van der Waals surface area contributed by atoms with Crippen LogP contribution in [0.4, 0.5) is 11.4 Å². The molecule has 2 rings (SSSR count). The van der Waals surface area contributed by atoms with E-state index in [4.69, 9.17) is 25.3 Å². The van der Waals surface area contributed by atoms with Crippen LogP contribution in [0.2, 0.25) is 0 Å². The standard InChI is InChI=1S/C18H28N2O2.C17H28N3O4P.C14H29NO3S2.C12H26N2OS.2O3S/c1-13(2)6-5-11-19-18(22)15-7-9-16(10-8-15)20-17(21)12-14(3)4;1-12(2)11-16(21)20-15-7-5-14(6-8-15)17(22)18-9-10-19-25(23,24)13(3)4;1-12(2)11-20(17,18)10-6-8-15-14(16)7-5-9-19-13(3)4;1-10(2)13-7-8-14-12(15)6-5-9-16-11(3)4;2*1-4(2)3/h7-10,13-14H,5-6,11-12H2,1-4H3,(H,19,22)(H,20,21);5-8,12-13H,9-11H2,1-4H3,(H,18,22)(H,20,21)(H2,19,23,24);12-13H,5-11H2,1-4H3,(H,15,16);10-11,13H,5-9H2,1-4H3,(H,14,15);;. The van der Waals surface area contributed by atoms with Crippen LogP contribution in [0.15, 0.2) is 48.5 Å². The molecule has 0 radical (unpaired) electrons. The molecule has 91 heavy (non-hydrogen) atoms. The lowest BCUT2D eigenvalue weighted by atomic mass is 10.1. The third-order valence-electron chi connectivity index (χ3n) is 11.3. The fraction of sp³-hybridized carbons (Fsp3) is 0.705. The zero-order valence-corrected chi connectivity index (χ0v) is 61.7. The Balaban J connectivity index is -0.000000537. The molecule has 9 N–H and O–H groups in total. The number of hydrogen-bond acceptors (Lipinski definition) is 18. The van der Waals surface area contributed by atoms with Crippen LogP contribution in [0.5, 0.6) is 0 Å². The molecule has 0 heterocycles. The molecule has 526 valence electrons. The molecular weight excluding hydrogens is 1290 g/mol. The summed E-state index contributed by atoms with van der Waals surface area (Å²) in [6, 6.07) is 14.1. The van der Waals surface area contributed by atoms with Gasteiger partial charge in [0.1, 0.15) is 0 Å². The highest BCUT2D eigenvalue weighted by atomic mass is 32.2. The van der Waals surface area contributed by atoms with Crippen LogP contribution in [-0.2, 0) is 54.8 Å². The Bertz CT molecular complexity index is 2680. The second-order valence-corrected chi connectivity index (χ2v) is 32.8. The van der Waals surface area contributed by atoms with E-state index < -0.39 is 38.6 Å². The first-order chi connectivity index (χ1) is 42.2. The zero-order valence-electron chi connectivity index (χ0n) is 56.7. The second-order valence-electron chi connectivity index (χ2n) is 23.7. The molecule has 0 fully saturated rings. The molecule has 1 atom stereocenters. The zero-order chi connectivity index (χ0) is 70.7. The van der Waals surface area contributed by atoms with Gasteiger partial charge in [0.05, 0.1) is 11.5 Å². The molecular formula is C61H111N8O16PS5. The monoisotopic (exact) mass is 1400 g/mol. The Labute approximate surface area is 556 Å². The van der Waals surface area contributed by atoms with Crippen molar-refractivity contribution < 1.29 is 71.9 Å². The van der Waals surface area contributed by atoms with Gasteiger partial charge in [0, 0.05) is 99.2 Å². The number of nitrogens with one attached hydrogen (secondary N) is 8. The molecule has 24 nitrogen and oxygen atoms in total. The Morgan fingerprint density at radius 3 is 1.21 bits per heavy atom. The summed E-state index contributed by atoms with van der Waals surface area (Å²) in [5.41, 5.74) is 2.06. The number of carbonyl (C=O) groups is 6. The summed E-state index contributed by atoms with van der Waals surface area (Å²) in [5.74, 6) is 3.69. The summed E-state index contributed by atoms with van der Waals surface area (Å²) in [7, 11) is -12.6. The van der Waals surface area contributed by atoms with Crippen molar-refractivity contribution >= 4 is 109 Å². The van der Waals surface area contributed by atoms with Crippen molar-refractivity contribution in [3.05, 3.63) is 59.7 Å². The predicted octanol–water partition coefficient (Wildman–Crippen LogP) is 8.92. The molecule has 0 saturated heterocycles. The molecule has 0 bridgehead atoms. The van der Waals surface area contributed by atoms with Gasteiger partial charge in [-0.25, -0.2) is 13.5 Å².